The summed E-state index contributed by atoms with van der Waals surface area (Å²) in [4.78, 5) is 6.97. The summed E-state index contributed by atoms with van der Waals surface area (Å²) < 4.78 is 0. The average Bonchev–Trinajstić information content (AvgIpc) is 2.98. The molecule has 1 saturated heterocycles. The van der Waals surface area contributed by atoms with Crippen molar-refractivity contribution in [1.29, 1.82) is 0 Å². The second-order valence-corrected chi connectivity index (χ2v) is 5.75. The van der Waals surface area contributed by atoms with Crippen LogP contribution < -0.4 is 11.1 Å². The second kappa shape index (κ2) is 11.6. The lowest BCUT2D eigenvalue weighted by Gasteiger charge is -2.24. The first kappa shape index (κ1) is 19.1. The van der Waals surface area contributed by atoms with Gasteiger partial charge in [0.05, 0.1) is 5.69 Å². The summed E-state index contributed by atoms with van der Waals surface area (Å²) in [5.41, 5.74) is 6.76. The van der Waals surface area contributed by atoms with Crippen LogP contribution in [-0.4, -0.2) is 42.1 Å². The Morgan fingerprint density at radius 1 is 1.36 bits per heavy atom. The second-order valence-electron chi connectivity index (χ2n) is 5.75. The zero-order valence-electron chi connectivity index (χ0n) is 14.6. The van der Waals surface area contributed by atoms with Gasteiger partial charge >= 0.3 is 0 Å². The van der Waals surface area contributed by atoms with Gasteiger partial charge in [0.25, 0.3) is 0 Å². The Labute approximate surface area is 136 Å². The van der Waals surface area contributed by atoms with Crippen molar-refractivity contribution < 1.29 is 0 Å². The SMILES string of the molecule is CC.CCC1CC(CNCc2ccccn2)N(CCCN)C1. The van der Waals surface area contributed by atoms with E-state index in [0.717, 1.165) is 44.2 Å². The molecule has 2 rings (SSSR count). The van der Waals surface area contributed by atoms with Gasteiger partial charge in [-0.2, -0.15) is 0 Å². The maximum atomic E-state index is 5.64. The summed E-state index contributed by atoms with van der Waals surface area (Å²) in [6.07, 6.45) is 5.56. The van der Waals surface area contributed by atoms with Crippen LogP contribution >= 0.6 is 0 Å². The number of nitrogens with zero attached hydrogens (tertiary/aromatic N) is 2. The van der Waals surface area contributed by atoms with Crippen LogP contribution in [0.15, 0.2) is 24.4 Å². The molecule has 3 N–H and O–H groups in total. The van der Waals surface area contributed by atoms with E-state index in [4.69, 9.17) is 5.73 Å². The molecule has 1 aromatic rings. The van der Waals surface area contributed by atoms with Crippen molar-refractivity contribution in [3.8, 4) is 0 Å². The molecular formula is C18H34N4. The fraction of sp³-hybridized carbons (Fsp3) is 0.722. The fourth-order valence-electron chi connectivity index (χ4n) is 3.04. The maximum Gasteiger partial charge on any atom is 0.0541 e. The van der Waals surface area contributed by atoms with Crippen molar-refractivity contribution >= 4 is 0 Å². The van der Waals surface area contributed by atoms with Crippen molar-refractivity contribution in [1.82, 2.24) is 15.2 Å². The van der Waals surface area contributed by atoms with E-state index in [-0.39, 0.29) is 0 Å². The predicted octanol–water partition coefficient (Wildman–Crippen LogP) is 2.65. The minimum absolute atomic E-state index is 0.662. The third-order valence-corrected chi connectivity index (χ3v) is 4.25. The van der Waals surface area contributed by atoms with Gasteiger partial charge in [-0.25, -0.2) is 0 Å². The quantitative estimate of drug-likeness (QED) is 0.775. The minimum Gasteiger partial charge on any atom is -0.330 e. The molecule has 126 valence electrons. The zero-order valence-corrected chi connectivity index (χ0v) is 14.6. The van der Waals surface area contributed by atoms with Gasteiger partial charge < -0.3 is 11.1 Å². The van der Waals surface area contributed by atoms with Crippen LogP contribution in [0.4, 0.5) is 0 Å². The Morgan fingerprint density at radius 2 is 2.18 bits per heavy atom. The van der Waals surface area contributed by atoms with Gasteiger partial charge in [-0.1, -0.05) is 33.3 Å². The normalized spacial score (nSPS) is 21.5. The smallest absolute Gasteiger partial charge is 0.0541 e. The first-order valence-corrected chi connectivity index (χ1v) is 8.88. The van der Waals surface area contributed by atoms with Crippen LogP contribution in [0, 0.1) is 5.92 Å². The topological polar surface area (TPSA) is 54.2 Å². The number of hydrogen-bond donors (Lipinski definition) is 2. The van der Waals surface area contributed by atoms with Crippen LogP contribution in [0.3, 0.4) is 0 Å². The third-order valence-electron chi connectivity index (χ3n) is 4.25. The van der Waals surface area contributed by atoms with Crippen LogP contribution in [0.25, 0.3) is 0 Å². The average molecular weight is 306 g/mol. The summed E-state index contributed by atoms with van der Waals surface area (Å²) in [6, 6.07) is 6.74. The van der Waals surface area contributed by atoms with Gasteiger partial charge in [0.15, 0.2) is 0 Å². The van der Waals surface area contributed by atoms with Gasteiger partial charge in [0, 0.05) is 31.9 Å². The van der Waals surface area contributed by atoms with E-state index < -0.39 is 0 Å². The number of hydrogen-bond acceptors (Lipinski definition) is 4. The van der Waals surface area contributed by atoms with Crippen molar-refractivity contribution in [2.75, 3.05) is 26.2 Å². The predicted molar refractivity (Wildman–Crippen MR) is 94.7 cm³/mol. The number of nitrogens with two attached hydrogens (primary N) is 1. The van der Waals surface area contributed by atoms with Crippen molar-refractivity contribution in [2.45, 2.75) is 52.6 Å². The zero-order chi connectivity index (χ0) is 16.2. The molecule has 0 radical (unpaired) electrons. The molecule has 2 heterocycles. The van der Waals surface area contributed by atoms with E-state index in [1.807, 2.05) is 32.2 Å². The van der Waals surface area contributed by atoms with Crippen LogP contribution in [0.2, 0.25) is 0 Å². The molecule has 0 aromatic carbocycles. The highest BCUT2D eigenvalue weighted by atomic mass is 15.2. The fourth-order valence-corrected chi connectivity index (χ4v) is 3.04. The van der Waals surface area contributed by atoms with E-state index in [0.29, 0.717) is 6.04 Å². The van der Waals surface area contributed by atoms with Crippen molar-refractivity contribution in [3.63, 3.8) is 0 Å². The molecule has 1 fully saturated rings. The molecule has 1 aromatic heterocycles. The Kier molecular flexibility index (Phi) is 10.0. The standard InChI is InChI=1S/C16H28N4.C2H6/c1-2-14-10-16(20(13-14)9-5-7-17)12-18-11-15-6-3-4-8-19-15;1-2/h3-4,6,8,14,16,18H,2,5,7,9-13,17H2,1H3;1-2H3. The van der Waals surface area contributed by atoms with E-state index >= 15 is 0 Å². The molecule has 0 amide bonds. The summed E-state index contributed by atoms with van der Waals surface area (Å²) in [7, 11) is 0. The monoisotopic (exact) mass is 306 g/mol. The highest BCUT2D eigenvalue weighted by Gasteiger charge is 2.29. The molecule has 0 aliphatic carbocycles. The van der Waals surface area contributed by atoms with Gasteiger partial charge in [-0.05, 0) is 44.0 Å². The number of likely N-dealkylation sites (tertiary alicyclic amines) is 1. The molecule has 1 aliphatic rings. The van der Waals surface area contributed by atoms with Crippen LogP contribution in [0.5, 0.6) is 0 Å². The van der Waals surface area contributed by atoms with Crippen molar-refractivity contribution in [2.24, 2.45) is 11.7 Å². The van der Waals surface area contributed by atoms with Crippen LogP contribution in [-0.2, 0) is 6.54 Å². The Morgan fingerprint density at radius 3 is 2.82 bits per heavy atom. The first-order chi connectivity index (χ1) is 10.8. The number of rotatable bonds is 8. The molecule has 0 bridgehead atoms. The lowest BCUT2D eigenvalue weighted by molar-refractivity contribution is 0.242. The Hall–Kier alpha value is -0.970. The van der Waals surface area contributed by atoms with E-state index in [2.05, 4.69) is 28.2 Å². The van der Waals surface area contributed by atoms with E-state index in [9.17, 15) is 0 Å². The molecule has 1 aliphatic heterocycles. The highest BCUT2D eigenvalue weighted by Crippen LogP contribution is 2.25. The molecule has 4 heteroatoms. The molecule has 0 spiro atoms. The summed E-state index contributed by atoms with van der Waals surface area (Å²) >= 11 is 0. The summed E-state index contributed by atoms with van der Waals surface area (Å²) in [6.45, 7) is 11.4. The number of aromatic nitrogens is 1. The molecular weight excluding hydrogens is 272 g/mol. The minimum atomic E-state index is 0.662. The third kappa shape index (κ3) is 6.42. The summed E-state index contributed by atoms with van der Waals surface area (Å²) in [5, 5.41) is 3.56. The molecule has 2 unspecified atom stereocenters. The Balaban J connectivity index is 0.00000116. The van der Waals surface area contributed by atoms with Crippen LogP contribution in [0.1, 0.15) is 45.7 Å². The lowest BCUT2D eigenvalue weighted by Crippen LogP contribution is -2.38. The lowest BCUT2D eigenvalue weighted by atomic mass is 10.0. The molecule has 4 nitrogen and oxygen atoms in total. The molecule has 0 saturated carbocycles. The van der Waals surface area contributed by atoms with Crippen molar-refractivity contribution in [3.05, 3.63) is 30.1 Å². The summed E-state index contributed by atoms with van der Waals surface area (Å²) in [5.74, 6) is 0.856. The van der Waals surface area contributed by atoms with E-state index in [1.165, 1.54) is 19.4 Å². The molecule has 22 heavy (non-hydrogen) atoms. The van der Waals surface area contributed by atoms with Gasteiger partial charge in [-0.3, -0.25) is 9.88 Å². The highest BCUT2D eigenvalue weighted by molar-refractivity contribution is 5.03. The first-order valence-electron chi connectivity index (χ1n) is 8.88. The molecule has 2 atom stereocenters. The Bertz CT molecular complexity index is 369. The van der Waals surface area contributed by atoms with Gasteiger partial charge in [0.2, 0.25) is 0 Å². The van der Waals surface area contributed by atoms with E-state index in [1.54, 1.807) is 0 Å². The number of nitrogens with one attached hydrogen (secondary N) is 1. The largest absolute Gasteiger partial charge is 0.330 e. The van der Waals surface area contributed by atoms with Gasteiger partial charge in [0.1, 0.15) is 0 Å². The number of pyridine rings is 1. The van der Waals surface area contributed by atoms with Gasteiger partial charge in [-0.15, -0.1) is 0 Å². The maximum absolute atomic E-state index is 5.64.